The number of fused-ring (bicyclic) bond motifs is 1. The van der Waals surface area contributed by atoms with Gasteiger partial charge in [-0.05, 0) is 17.5 Å². The number of carbonyl (C=O) groups excluding carboxylic acids is 1. The van der Waals surface area contributed by atoms with E-state index in [4.69, 9.17) is 21.1 Å². The van der Waals surface area contributed by atoms with Gasteiger partial charge in [0.2, 0.25) is 5.91 Å². The number of hydrazine groups is 1. The Labute approximate surface area is 226 Å². The number of benzene rings is 1. The van der Waals surface area contributed by atoms with E-state index in [1.54, 1.807) is 18.2 Å². The van der Waals surface area contributed by atoms with Crippen molar-refractivity contribution in [1.82, 2.24) is 30.6 Å². The van der Waals surface area contributed by atoms with Gasteiger partial charge in [0, 0.05) is 51.2 Å². The van der Waals surface area contributed by atoms with Gasteiger partial charge in [-0.25, -0.2) is 0 Å². The minimum absolute atomic E-state index is 0.00879. The number of hydrogen-bond acceptors (Lipinski definition) is 12. The van der Waals surface area contributed by atoms with Gasteiger partial charge >= 0.3 is 6.01 Å². The maximum Gasteiger partial charge on any atom is 0.320 e. The lowest BCUT2D eigenvalue weighted by molar-refractivity contribution is -0.393. The molecule has 5 N–H and O–H groups in total. The van der Waals surface area contributed by atoms with Gasteiger partial charge in [-0.1, -0.05) is 42.1 Å². The molecule has 0 atom stereocenters. The van der Waals surface area contributed by atoms with E-state index in [-0.39, 0.29) is 42.0 Å². The Bertz CT molecular complexity index is 1190. The highest BCUT2D eigenvalue weighted by Gasteiger charge is 2.43. The quantitative estimate of drug-likeness (QED) is 0.111. The zero-order chi connectivity index (χ0) is 27.8. The first kappa shape index (κ1) is 28.2. The van der Waals surface area contributed by atoms with Gasteiger partial charge in [-0.3, -0.25) is 9.79 Å². The first-order valence-electron chi connectivity index (χ1n) is 12.9. The van der Waals surface area contributed by atoms with Gasteiger partial charge in [0.15, 0.2) is 17.3 Å². The number of hydrogen-bond donors (Lipinski definition) is 3. The average molecular weight is 543 g/mol. The van der Waals surface area contributed by atoms with E-state index in [0.29, 0.717) is 31.0 Å². The standard InChI is InChI=1S/C25H35FN10O3/c1-3-4-13-38-25-31-23(28)22-24(32-25)35(22)36(26)39-33(2)17-18-5-7-19(8-6-18)20(14-27)15-30-16-21(37)34-11-9-29-10-12-34/h5-8,14-15,29H,3-4,9-13,16-17,27H2,1-2H3,(H2,28,31,32). The maximum atomic E-state index is 14.7. The molecule has 1 aromatic heterocycles. The van der Waals surface area contributed by atoms with Crippen LogP contribution in [0.3, 0.4) is 0 Å². The molecular weight excluding hydrogens is 507 g/mol. The summed E-state index contributed by atoms with van der Waals surface area (Å²) < 4.78 is 20.2. The lowest BCUT2D eigenvalue weighted by atomic mass is 10.1. The fourth-order valence-electron chi connectivity index (χ4n) is 3.96. The van der Waals surface area contributed by atoms with Gasteiger partial charge in [-0.2, -0.15) is 25.0 Å². The third kappa shape index (κ3) is 7.38. The number of anilines is 3. The predicted molar refractivity (Wildman–Crippen MR) is 146 cm³/mol. The number of piperazine rings is 1. The molecule has 14 heteroatoms. The molecule has 2 aromatic rings. The van der Waals surface area contributed by atoms with Crippen molar-refractivity contribution < 1.29 is 19.0 Å². The highest BCUT2D eigenvalue weighted by atomic mass is 19.2. The molecule has 0 saturated carbocycles. The van der Waals surface area contributed by atoms with Gasteiger partial charge in [0.1, 0.15) is 11.9 Å². The number of nitrogens with one attached hydrogen (secondary N) is 1. The topological polar surface area (TPSA) is 150 Å². The first-order valence-corrected chi connectivity index (χ1v) is 12.9. The van der Waals surface area contributed by atoms with E-state index in [1.165, 1.54) is 11.3 Å². The van der Waals surface area contributed by atoms with E-state index >= 15 is 0 Å². The van der Waals surface area contributed by atoms with Crippen LogP contribution in [0.2, 0.25) is 0 Å². The summed E-state index contributed by atoms with van der Waals surface area (Å²) in [5, 5.41) is 5.65. The molecule has 2 aliphatic heterocycles. The first-order chi connectivity index (χ1) is 18.9. The average Bonchev–Trinajstić information content (AvgIpc) is 3.67. The third-order valence-electron chi connectivity index (χ3n) is 6.13. The van der Waals surface area contributed by atoms with E-state index in [0.717, 1.165) is 42.1 Å². The molecule has 0 aliphatic carbocycles. The Kier molecular flexibility index (Phi) is 9.59. The van der Waals surface area contributed by atoms with Crippen LogP contribution in [-0.4, -0.2) is 83.8 Å². The Morgan fingerprint density at radius 1 is 1.26 bits per heavy atom. The van der Waals surface area contributed by atoms with Crippen LogP contribution < -0.4 is 26.5 Å². The summed E-state index contributed by atoms with van der Waals surface area (Å²) >= 11 is 0. The van der Waals surface area contributed by atoms with Crippen molar-refractivity contribution in [1.29, 1.82) is 0 Å². The number of nitrogens with zero attached hydrogens (tertiary/aromatic N) is 7. The largest absolute Gasteiger partial charge is 0.463 e. The van der Waals surface area contributed by atoms with Crippen LogP contribution in [0.5, 0.6) is 6.01 Å². The second-order valence-electron chi connectivity index (χ2n) is 9.09. The molecule has 1 amide bonds. The fraction of sp³-hybridized carbons (Fsp3) is 0.440. The molecule has 39 heavy (non-hydrogen) atoms. The molecule has 2 aliphatic rings. The SMILES string of the molecule is CCCCOc1nc(N)c2c(n1)N2N(F)ON(C)Cc1ccc(C(C=NCC(=O)N2CCNCC2)=CN)cc1. The zero-order valence-electron chi connectivity index (χ0n) is 22.2. The molecule has 210 valence electrons. The summed E-state index contributed by atoms with van der Waals surface area (Å²) in [7, 11) is 1.59. The van der Waals surface area contributed by atoms with E-state index in [9.17, 15) is 9.28 Å². The van der Waals surface area contributed by atoms with Crippen LogP contribution in [0.4, 0.5) is 21.8 Å². The lowest BCUT2D eigenvalue weighted by Gasteiger charge is -2.26. The zero-order valence-corrected chi connectivity index (χ0v) is 22.2. The van der Waals surface area contributed by atoms with Crippen LogP contribution in [0.15, 0.2) is 35.5 Å². The third-order valence-corrected chi connectivity index (χ3v) is 6.13. The summed E-state index contributed by atoms with van der Waals surface area (Å²) in [6.07, 6.45) is 4.86. The monoisotopic (exact) mass is 542 g/mol. The number of rotatable bonds is 13. The second-order valence-corrected chi connectivity index (χ2v) is 9.09. The van der Waals surface area contributed by atoms with Crippen LogP contribution in [0.1, 0.15) is 30.9 Å². The number of carbonyl (C=O) groups is 1. The van der Waals surface area contributed by atoms with Crippen molar-refractivity contribution in [3.63, 3.8) is 0 Å². The number of unbranched alkanes of at least 4 members (excludes halogenated alkanes) is 1. The second kappa shape index (κ2) is 13.3. The predicted octanol–water partition coefficient (Wildman–Crippen LogP) is 1.57. The minimum Gasteiger partial charge on any atom is -0.463 e. The number of hydroxylamine groups is 2. The molecule has 4 rings (SSSR count). The molecule has 1 aromatic carbocycles. The van der Waals surface area contributed by atoms with Crippen molar-refractivity contribution in [2.45, 2.75) is 26.3 Å². The molecule has 0 radical (unpaired) electrons. The molecule has 0 spiro atoms. The molecule has 0 unspecified atom stereocenters. The van der Waals surface area contributed by atoms with Crippen molar-refractivity contribution in [3.8, 4) is 6.01 Å². The molecular formula is C25H35FN10O3. The van der Waals surface area contributed by atoms with Gasteiger partial charge in [-0.15, -0.1) is 0 Å². The van der Waals surface area contributed by atoms with Crippen molar-refractivity contribution in [2.24, 2.45) is 10.7 Å². The van der Waals surface area contributed by atoms with Gasteiger partial charge < -0.3 is 26.4 Å². The Morgan fingerprint density at radius 2 is 2.00 bits per heavy atom. The van der Waals surface area contributed by atoms with Crippen LogP contribution >= 0.6 is 0 Å². The lowest BCUT2D eigenvalue weighted by Crippen LogP contribution is -2.47. The number of nitrogen functional groups attached to an aromatic ring is 1. The highest BCUT2D eigenvalue weighted by Crippen LogP contribution is 2.51. The normalized spacial score (nSPS) is 15.4. The minimum atomic E-state index is -0.00879. The molecule has 13 nitrogen and oxygen atoms in total. The number of amides is 1. The summed E-state index contributed by atoms with van der Waals surface area (Å²) in [5.74, 6) is 0.383. The molecule has 0 bridgehead atoms. The Morgan fingerprint density at radius 3 is 2.69 bits per heavy atom. The summed E-state index contributed by atoms with van der Waals surface area (Å²) in [4.78, 5) is 31.8. The highest BCUT2D eigenvalue weighted by molar-refractivity contribution is 6.10. The molecule has 3 heterocycles. The smallest absolute Gasteiger partial charge is 0.320 e. The van der Waals surface area contributed by atoms with Gasteiger partial charge in [0.05, 0.1) is 13.2 Å². The number of aromatic nitrogens is 2. The summed E-state index contributed by atoms with van der Waals surface area (Å²) in [5.41, 5.74) is 14.4. The summed E-state index contributed by atoms with van der Waals surface area (Å²) in [6, 6.07) is 7.59. The molecule has 1 fully saturated rings. The van der Waals surface area contributed by atoms with Crippen molar-refractivity contribution in [3.05, 3.63) is 41.6 Å². The summed E-state index contributed by atoms with van der Waals surface area (Å²) in [6.45, 7) is 5.83. The van der Waals surface area contributed by atoms with Gasteiger partial charge in [0.25, 0.3) is 0 Å². The Hall–Kier alpha value is -3.85. The van der Waals surface area contributed by atoms with E-state index < -0.39 is 0 Å². The van der Waals surface area contributed by atoms with Crippen LogP contribution in [-0.2, 0) is 16.3 Å². The van der Waals surface area contributed by atoms with Crippen molar-refractivity contribution in [2.75, 3.05) is 57.1 Å². The number of nitrogens with two attached hydrogens (primary N) is 2. The van der Waals surface area contributed by atoms with Crippen molar-refractivity contribution >= 4 is 35.0 Å². The van der Waals surface area contributed by atoms with Crippen LogP contribution in [0.25, 0.3) is 5.57 Å². The van der Waals surface area contributed by atoms with E-state index in [2.05, 4.69) is 20.3 Å². The number of ether oxygens (including phenoxy) is 1. The Balaban J connectivity index is 1.26. The number of halogens is 1. The van der Waals surface area contributed by atoms with E-state index in [1.807, 2.05) is 31.2 Å². The van der Waals surface area contributed by atoms with Crippen LogP contribution in [0, 0.1) is 0 Å². The number of allylic oxidation sites excluding steroid dienone is 1. The maximum absolute atomic E-state index is 14.7. The molecule has 1 saturated heterocycles. The fourth-order valence-corrected chi connectivity index (χ4v) is 3.96. The number of aliphatic imine (C=N–C) groups is 1.